The van der Waals surface area contributed by atoms with Crippen molar-refractivity contribution in [2.24, 2.45) is 10.9 Å². The van der Waals surface area contributed by atoms with Crippen LogP contribution in [0, 0.1) is 5.92 Å². The summed E-state index contributed by atoms with van der Waals surface area (Å²) in [5, 5.41) is 0. The van der Waals surface area contributed by atoms with Gasteiger partial charge < -0.3 is 0 Å². The summed E-state index contributed by atoms with van der Waals surface area (Å²) in [6.07, 6.45) is 6.63. The van der Waals surface area contributed by atoms with E-state index < -0.39 is 0 Å². The van der Waals surface area contributed by atoms with Gasteiger partial charge in [0.1, 0.15) is 0 Å². The van der Waals surface area contributed by atoms with Crippen LogP contribution in [0.25, 0.3) is 0 Å². The third kappa shape index (κ3) is 3.42. The lowest BCUT2D eigenvalue weighted by Crippen LogP contribution is -2.14. The molecule has 0 saturated carbocycles. The Kier molecular flexibility index (Phi) is 4.60. The summed E-state index contributed by atoms with van der Waals surface area (Å²) < 4.78 is 0. The Morgan fingerprint density at radius 1 is 0.750 bits per heavy atom. The highest BCUT2D eigenvalue weighted by molar-refractivity contribution is 5.96. The first kappa shape index (κ1) is 17.4. The molecule has 0 radical (unpaired) electrons. The largest absolute Gasteiger partial charge is 0.257 e. The van der Waals surface area contributed by atoms with Crippen molar-refractivity contribution in [2.75, 3.05) is 0 Å². The van der Waals surface area contributed by atoms with Crippen LogP contribution >= 0.6 is 0 Å². The molecule has 0 amide bonds. The number of fused-ring (bicyclic) bond motifs is 2. The minimum absolute atomic E-state index is 0.588. The molecule has 28 heavy (non-hydrogen) atoms. The summed E-state index contributed by atoms with van der Waals surface area (Å²) in [7, 11) is 0. The second-order valence-corrected chi connectivity index (χ2v) is 8.29. The highest BCUT2D eigenvalue weighted by atomic mass is 14.8. The van der Waals surface area contributed by atoms with Gasteiger partial charge in [0.05, 0.1) is 5.69 Å². The van der Waals surface area contributed by atoms with Gasteiger partial charge in [-0.2, -0.15) is 0 Å². The molecule has 5 rings (SSSR count). The van der Waals surface area contributed by atoms with E-state index in [2.05, 4.69) is 73.7 Å². The fourth-order valence-electron chi connectivity index (χ4n) is 4.67. The van der Waals surface area contributed by atoms with Crippen LogP contribution in [0.4, 0.5) is 5.69 Å². The lowest BCUT2D eigenvalue weighted by molar-refractivity contribution is 0.740. The van der Waals surface area contributed by atoms with Crippen molar-refractivity contribution < 1.29 is 0 Å². The zero-order valence-electron chi connectivity index (χ0n) is 16.6. The molecule has 0 aromatic heterocycles. The van der Waals surface area contributed by atoms with Gasteiger partial charge in [0.2, 0.25) is 0 Å². The van der Waals surface area contributed by atoms with Gasteiger partial charge in [0, 0.05) is 18.1 Å². The topological polar surface area (TPSA) is 12.4 Å². The molecule has 1 aliphatic heterocycles. The maximum absolute atomic E-state index is 5.07. The van der Waals surface area contributed by atoms with E-state index in [1.54, 1.807) is 0 Å². The molecule has 140 valence electrons. The Morgan fingerprint density at radius 2 is 1.39 bits per heavy atom. The fourth-order valence-corrected chi connectivity index (χ4v) is 4.67. The van der Waals surface area contributed by atoms with Crippen LogP contribution in [0.5, 0.6) is 0 Å². The van der Waals surface area contributed by atoms with E-state index in [0.29, 0.717) is 5.92 Å². The van der Waals surface area contributed by atoms with Crippen LogP contribution in [-0.2, 0) is 38.5 Å². The van der Waals surface area contributed by atoms with Gasteiger partial charge in [-0.1, -0.05) is 67.6 Å². The summed E-state index contributed by atoms with van der Waals surface area (Å²) in [6.45, 7) is 2.21. The molecular weight excluding hydrogens is 338 g/mol. The minimum atomic E-state index is 0.588. The smallest absolute Gasteiger partial charge is 0.0667 e. The monoisotopic (exact) mass is 365 g/mol. The molecule has 1 heteroatoms. The molecule has 1 nitrogen and oxygen atoms in total. The van der Waals surface area contributed by atoms with Crippen LogP contribution in [0.2, 0.25) is 0 Å². The molecule has 0 fully saturated rings. The molecule has 3 aromatic rings. The average molecular weight is 366 g/mol. The standard InChI is InChI=1S/C27H27N/c1-2-19-7-9-20(10-8-19)11-12-21-13-14-24-18-27(28-26(24)15-21)25-16-22-5-3-4-6-23(22)17-25/h3-10,13-15,25H,2,11-12,16-18H2,1H3. The number of aliphatic imine (C=N–C) groups is 1. The van der Waals surface area contributed by atoms with Crippen molar-refractivity contribution in [2.45, 2.75) is 45.4 Å². The Morgan fingerprint density at radius 3 is 2.11 bits per heavy atom. The Balaban J connectivity index is 1.27. The number of nitrogens with zero attached hydrogens (tertiary/aromatic N) is 1. The number of hydrogen-bond acceptors (Lipinski definition) is 1. The predicted octanol–water partition coefficient (Wildman–Crippen LogP) is 6.08. The minimum Gasteiger partial charge on any atom is -0.257 e. The first-order chi connectivity index (χ1) is 13.8. The van der Waals surface area contributed by atoms with Gasteiger partial charge >= 0.3 is 0 Å². The first-order valence-corrected chi connectivity index (χ1v) is 10.6. The Bertz CT molecular complexity index is 1000. The number of hydrogen-bond donors (Lipinski definition) is 0. The molecule has 0 bridgehead atoms. The van der Waals surface area contributed by atoms with Gasteiger partial charge in [0.25, 0.3) is 0 Å². The van der Waals surface area contributed by atoms with E-state index in [0.717, 1.165) is 38.5 Å². The van der Waals surface area contributed by atoms with Crippen LogP contribution in [-0.4, -0.2) is 5.71 Å². The summed E-state index contributed by atoms with van der Waals surface area (Å²) >= 11 is 0. The highest BCUT2D eigenvalue weighted by Crippen LogP contribution is 2.35. The van der Waals surface area contributed by atoms with Gasteiger partial charge in [-0.25, -0.2) is 0 Å². The zero-order valence-corrected chi connectivity index (χ0v) is 16.6. The third-order valence-corrected chi connectivity index (χ3v) is 6.44. The molecule has 3 aromatic carbocycles. The summed E-state index contributed by atoms with van der Waals surface area (Å²) in [5.41, 5.74) is 11.3. The van der Waals surface area contributed by atoms with E-state index >= 15 is 0 Å². The first-order valence-electron chi connectivity index (χ1n) is 10.6. The summed E-state index contributed by atoms with van der Waals surface area (Å²) in [4.78, 5) is 5.07. The average Bonchev–Trinajstić information content (AvgIpc) is 3.36. The van der Waals surface area contributed by atoms with E-state index in [-0.39, 0.29) is 0 Å². The number of benzene rings is 3. The maximum Gasteiger partial charge on any atom is 0.0667 e. The third-order valence-electron chi connectivity index (χ3n) is 6.44. The van der Waals surface area contributed by atoms with Crippen molar-refractivity contribution >= 4 is 11.4 Å². The van der Waals surface area contributed by atoms with Gasteiger partial charge in [-0.3, -0.25) is 4.99 Å². The van der Waals surface area contributed by atoms with Crippen LogP contribution in [0.3, 0.4) is 0 Å². The molecular formula is C27H27N. The highest BCUT2D eigenvalue weighted by Gasteiger charge is 2.28. The molecule has 2 aliphatic rings. The summed E-state index contributed by atoms with van der Waals surface area (Å²) in [6, 6.07) is 24.9. The van der Waals surface area contributed by atoms with Crippen molar-refractivity contribution in [3.8, 4) is 0 Å². The van der Waals surface area contributed by atoms with Crippen LogP contribution in [0.1, 0.15) is 40.3 Å². The van der Waals surface area contributed by atoms with E-state index in [4.69, 9.17) is 4.99 Å². The molecule has 0 saturated heterocycles. The normalized spacial score (nSPS) is 15.4. The molecule has 0 N–H and O–H groups in total. The Labute approximate surface area is 168 Å². The van der Waals surface area contributed by atoms with Crippen LogP contribution < -0.4 is 0 Å². The van der Waals surface area contributed by atoms with Gasteiger partial charge in [-0.05, 0) is 71.6 Å². The number of aryl methyl sites for hydroxylation is 3. The van der Waals surface area contributed by atoms with Crippen molar-refractivity contribution in [3.63, 3.8) is 0 Å². The van der Waals surface area contributed by atoms with Crippen molar-refractivity contribution in [3.05, 3.63) is 100 Å². The fraction of sp³-hybridized carbons (Fsp3) is 0.296. The van der Waals surface area contributed by atoms with Crippen molar-refractivity contribution in [1.29, 1.82) is 0 Å². The van der Waals surface area contributed by atoms with Crippen LogP contribution in [0.15, 0.2) is 71.7 Å². The van der Waals surface area contributed by atoms with E-state index in [1.807, 2.05) is 0 Å². The summed E-state index contributed by atoms with van der Waals surface area (Å²) in [5.74, 6) is 0.588. The predicted molar refractivity (Wildman–Crippen MR) is 118 cm³/mol. The molecule has 1 heterocycles. The molecule has 0 spiro atoms. The van der Waals surface area contributed by atoms with Gasteiger partial charge in [0.15, 0.2) is 0 Å². The van der Waals surface area contributed by atoms with E-state index in [9.17, 15) is 0 Å². The van der Waals surface area contributed by atoms with Crippen molar-refractivity contribution in [1.82, 2.24) is 0 Å². The molecule has 1 aliphatic carbocycles. The quantitative estimate of drug-likeness (QED) is 0.520. The Hall–Kier alpha value is -2.67. The maximum atomic E-state index is 5.07. The number of rotatable bonds is 5. The van der Waals surface area contributed by atoms with E-state index in [1.165, 1.54) is 44.8 Å². The zero-order chi connectivity index (χ0) is 18.9. The SMILES string of the molecule is CCc1ccc(CCc2ccc3c(c2)N=C(C2Cc4ccccc4C2)C3)cc1. The van der Waals surface area contributed by atoms with Gasteiger partial charge in [-0.15, -0.1) is 0 Å². The second kappa shape index (κ2) is 7.39. The molecule has 0 unspecified atom stereocenters. The lowest BCUT2D eigenvalue weighted by Gasteiger charge is -2.08. The molecule has 0 atom stereocenters. The lowest BCUT2D eigenvalue weighted by atomic mass is 9.95. The second-order valence-electron chi connectivity index (χ2n) is 8.29.